The Hall–Kier alpha value is -0.120. The van der Waals surface area contributed by atoms with Crippen molar-refractivity contribution in [2.75, 3.05) is 7.11 Å². The van der Waals surface area contributed by atoms with E-state index in [0.717, 1.165) is 19.3 Å². The number of aliphatic hydroxyl groups excluding tert-OH is 1. The molecule has 0 spiro atoms. The highest BCUT2D eigenvalue weighted by Crippen LogP contribution is 2.29. The van der Waals surface area contributed by atoms with Crippen LogP contribution < -0.4 is 5.48 Å². The Balaban J connectivity index is 2.48. The zero-order valence-electron chi connectivity index (χ0n) is 6.55. The third-order valence-corrected chi connectivity index (χ3v) is 2.24. The highest BCUT2D eigenvalue weighted by atomic mass is 16.6. The van der Waals surface area contributed by atoms with Gasteiger partial charge in [-0.1, -0.05) is 0 Å². The summed E-state index contributed by atoms with van der Waals surface area (Å²) in [7, 11) is 1.58. The minimum atomic E-state index is -0.257. The van der Waals surface area contributed by atoms with Crippen molar-refractivity contribution in [1.82, 2.24) is 5.48 Å². The molecule has 60 valence electrons. The van der Waals surface area contributed by atoms with Gasteiger partial charge in [-0.05, 0) is 26.2 Å². The predicted octanol–water partition coefficient (Wildman–Crippen LogP) is 0.441. The van der Waals surface area contributed by atoms with Crippen LogP contribution in [0.2, 0.25) is 0 Å². The molecule has 1 saturated carbocycles. The van der Waals surface area contributed by atoms with E-state index in [1.54, 1.807) is 7.11 Å². The molecule has 1 aliphatic rings. The van der Waals surface area contributed by atoms with E-state index in [2.05, 4.69) is 5.48 Å². The Morgan fingerprint density at radius 2 is 2.40 bits per heavy atom. The normalized spacial score (nSPS) is 40.5. The van der Waals surface area contributed by atoms with E-state index in [1.165, 1.54) is 0 Å². The number of aliphatic hydroxyl groups is 1. The smallest absolute Gasteiger partial charge is 0.0741 e. The molecule has 2 N–H and O–H groups in total. The fourth-order valence-corrected chi connectivity index (χ4v) is 1.50. The monoisotopic (exact) mass is 145 g/mol. The van der Waals surface area contributed by atoms with Gasteiger partial charge in [0.05, 0.1) is 18.8 Å². The number of nitrogens with one attached hydrogen (secondary N) is 1. The lowest BCUT2D eigenvalue weighted by Crippen LogP contribution is -2.47. The SMILES string of the molecule is CON[C@]1(C)CCC[C@H]1O. The van der Waals surface area contributed by atoms with E-state index in [4.69, 9.17) is 4.84 Å². The molecule has 1 fully saturated rings. The molecule has 0 aliphatic heterocycles. The second-order valence-electron chi connectivity index (χ2n) is 3.13. The first kappa shape index (κ1) is 7.98. The van der Waals surface area contributed by atoms with E-state index < -0.39 is 0 Å². The summed E-state index contributed by atoms with van der Waals surface area (Å²) in [6, 6.07) is 0. The largest absolute Gasteiger partial charge is 0.391 e. The summed E-state index contributed by atoms with van der Waals surface area (Å²) in [5.41, 5.74) is 2.61. The zero-order chi connectivity index (χ0) is 7.61. The standard InChI is InChI=1S/C7H15NO2/c1-7(8-10-2)5-3-4-6(7)9/h6,8-9H,3-5H2,1-2H3/t6-,7-/m1/s1. The Bertz CT molecular complexity index is 118. The van der Waals surface area contributed by atoms with Crippen LogP contribution in [-0.2, 0) is 4.84 Å². The first-order chi connectivity index (χ1) is 4.69. The third-order valence-electron chi connectivity index (χ3n) is 2.24. The summed E-state index contributed by atoms with van der Waals surface area (Å²) < 4.78 is 0. The van der Waals surface area contributed by atoms with Crippen LogP contribution in [-0.4, -0.2) is 23.9 Å². The van der Waals surface area contributed by atoms with Crippen molar-refractivity contribution in [3.8, 4) is 0 Å². The molecule has 0 heterocycles. The lowest BCUT2D eigenvalue weighted by Gasteiger charge is -2.27. The van der Waals surface area contributed by atoms with E-state index in [-0.39, 0.29) is 11.6 Å². The van der Waals surface area contributed by atoms with Gasteiger partial charge in [-0.25, -0.2) is 0 Å². The molecule has 0 amide bonds. The first-order valence-corrected chi connectivity index (χ1v) is 3.67. The molecule has 0 aromatic heterocycles. The maximum absolute atomic E-state index is 9.44. The first-order valence-electron chi connectivity index (χ1n) is 3.67. The highest BCUT2D eigenvalue weighted by Gasteiger charge is 2.37. The van der Waals surface area contributed by atoms with Gasteiger partial charge >= 0.3 is 0 Å². The molecule has 2 atom stereocenters. The second-order valence-corrected chi connectivity index (χ2v) is 3.13. The predicted molar refractivity (Wildman–Crippen MR) is 38.4 cm³/mol. The van der Waals surface area contributed by atoms with Crippen LogP contribution in [0.3, 0.4) is 0 Å². The molecule has 10 heavy (non-hydrogen) atoms. The van der Waals surface area contributed by atoms with Crippen LogP contribution in [0.25, 0.3) is 0 Å². The molecule has 0 aromatic carbocycles. The molecule has 0 bridgehead atoms. The summed E-state index contributed by atoms with van der Waals surface area (Å²) in [5, 5.41) is 9.44. The third kappa shape index (κ3) is 1.31. The summed E-state index contributed by atoms with van der Waals surface area (Å²) in [5.74, 6) is 0. The summed E-state index contributed by atoms with van der Waals surface area (Å²) in [6.45, 7) is 1.98. The number of hydrogen-bond donors (Lipinski definition) is 2. The van der Waals surface area contributed by atoms with Crippen molar-refractivity contribution < 1.29 is 9.94 Å². The number of rotatable bonds is 2. The summed E-state index contributed by atoms with van der Waals surface area (Å²) >= 11 is 0. The van der Waals surface area contributed by atoms with Crippen LogP contribution in [0.1, 0.15) is 26.2 Å². The van der Waals surface area contributed by atoms with Crippen molar-refractivity contribution in [3.05, 3.63) is 0 Å². The van der Waals surface area contributed by atoms with Gasteiger partial charge < -0.3 is 9.94 Å². The molecule has 1 aliphatic carbocycles. The van der Waals surface area contributed by atoms with Gasteiger partial charge in [0.25, 0.3) is 0 Å². The maximum Gasteiger partial charge on any atom is 0.0741 e. The van der Waals surface area contributed by atoms with Crippen LogP contribution in [0.5, 0.6) is 0 Å². The topological polar surface area (TPSA) is 41.5 Å². The lowest BCUT2D eigenvalue weighted by molar-refractivity contribution is -0.0298. The Labute approximate surface area is 61.3 Å². The number of hydroxylamine groups is 1. The molecule has 0 unspecified atom stereocenters. The second kappa shape index (κ2) is 2.86. The molecule has 1 rings (SSSR count). The van der Waals surface area contributed by atoms with Crippen molar-refractivity contribution in [1.29, 1.82) is 0 Å². The molecular weight excluding hydrogens is 130 g/mol. The highest BCUT2D eigenvalue weighted by molar-refractivity contribution is 4.93. The van der Waals surface area contributed by atoms with Crippen molar-refractivity contribution in [2.45, 2.75) is 37.8 Å². The van der Waals surface area contributed by atoms with Crippen molar-refractivity contribution in [2.24, 2.45) is 0 Å². The van der Waals surface area contributed by atoms with Crippen LogP contribution in [0.4, 0.5) is 0 Å². The fourth-order valence-electron chi connectivity index (χ4n) is 1.50. The van der Waals surface area contributed by atoms with Gasteiger partial charge in [0.1, 0.15) is 0 Å². The summed E-state index contributed by atoms with van der Waals surface area (Å²) in [4.78, 5) is 4.79. The quantitative estimate of drug-likeness (QED) is 0.554. The molecule has 3 nitrogen and oxygen atoms in total. The van der Waals surface area contributed by atoms with Gasteiger partial charge in [-0.15, -0.1) is 0 Å². The van der Waals surface area contributed by atoms with Crippen molar-refractivity contribution >= 4 is 0 Å². The van der Waals surface area contributed by atoms with E-state index >= 15 is 0 Å². The Morgan fingerprint density at radius 3 is 2.80 bits per heavy atom. The maximum atomic E-state index is 9.44. The Kier molecular flexibility index (Phi) is 2.28. The summed E-state index contributed by atoms with van der Waals surface area (Å²) in [6.07, 6.45) is 2.69. The number of hydrogen-bond acceptors (Lipinski definition) is 3. The van der Waals surface area contributed by atoms with E-state index in [0.29, 0.717) is 0 Å². The van der Waals surface area contributed by atoms with Gasteiger partial charge in [0.2, 0.25) is 0 Å². The van der Waals surface area contributed by atoms with E-state index in [9.17, 15) is 5.11 Å². The molecule has 0 radical (unpaired) electrons. The van der Waals surface area contributed by atoms with Crippen LogP contribution in [0, 0.1) is 0 Å². The van der Waals surface area contributed by atoms with Gasteiger partial charge in [-0.2, -0.15) is 5.48 Å². The lowest BCUT2D eigenvalue weighted by atomic mass is 10.00. The van der Waals surface area contributed by atoms with Gasteiger partial charge in [-0.3, -0.25) is 0 Å². The van der Waals surface area contributed by atoms with Gasteiger partial charge in [0, 0.05) is 0 Å². The average molecular weight is 145 g/mol. The fraction of sp³-hybridized carbons (Fsp3) is 1.00. The van der Waals surface area contributed by atoms with Crippen LogP contribution in [0.15, 0.2) is 0 Å². The minimum Gasteiger partial charge on any atom is -0.391 e. The van der Waals surface area contributed by atoms with Crippen LogP contribution >= 0.6 is 0 Å². The minimum absolute atomic E-state index is 0.214. The molecule has 0 saturated heterocycles. The zero-order valence-corrected chi connectivity index (χ0v) is 6.55. The molecule has 0 aromatic rings. The Morgan fingerprint density at radius 1 is 1.70 bits per heavy atom. The molecular formula is C7H15NO2. The van der Waals surface area contributed by atoms with Crippen molar-refractivity contribution in [3.63, 3.8) is 0 Å². The van der Waals surface area contributed by atoms with Gasteiger partial charge in [0.15, 0.2) is 0 Å². The molecule has 3 heteroatoms. The average Bonchev–Trinajstić information content (AvgIpc) is 2.15. The van der Waals surface area contributed by atoms with E-state index in [1.807, 2.05) is 6.92 Å².